The third-order valence-corrected chi connectivity index (χ3v) is 3.23. The normalized spacial score (nSPS) is 10.5. The molecule has 1 aromatic carbocycles. The maximum absolute atomic E-state index is 11.6. The van der Waals surface area contributed by atoms with Crippen LogP contribution in [0.1, 0.15) is 17.4 Å². The SMILES string of the molecule is CCOc1cc(C(=O)OC)nc2c(Cl)cc(Br)cc12. The molecule has 0 N–H and O–H groups in total. The Labute approximate surface area is 123 Å². The lowest BCUT2D eigenvalue weighted by Crippen LogP contribution is -2.06. The number of carbonyl (C=O) groups excluding carboxylic acids is 1. The molecule has 19 heavy (non-hydrogen) atoms. The number of halogens is 2. The average Bonchev–Trinajstić information content (AvgIpc) is 2.38. The van der Waals surface area contributed by atoms with Crippen LogP contribution in [0.3, 0.4) is 0 Å². The minimum Gasteiger partial charge on any atom is -0.493 e. The number of esters is 1. The van der Waals surface area contributed by atoms with Gasteiger partial charge in [0.2, 0.25) is 0 Å². The van der Waals surface area contributed by atoms with Crippen molar-refractivity contribution in [1.29, 1.82) is 0 Å². The summed E-state index contributed by atoms with van der Waals surface area (Å²) in [6.07, 6.45) is 0. The fourth-order valence-electron chi connectivity index (χ4n) is 1.71. The first-order valence-electron chi connectivity index (χ1n) is 5.57. The number of hydrogen-bond donors (Lipinski definition) is 0. The summed E-state index contributed by atoms with van der Waals surface area (Å²) in [5.41, 5.74) is 0.680. The van der Waals surface area contributed by atoms with Crippen molar-refractivity contribution in [3.8, 4) is 5.75 Å². The summed E-state index contributed by atoms with van der Waals surface area (Å²) < 4.78 is 11.0. The molecule has 0 radical (unpaired) electrons. The van der Waals surface area contributed by atoms with Crippen LogP contribution < -0.4 is 4.74 Å². The molecule has 0 unspecified atom stereocenters. The van der Waals surface area contributed by atoms with Gasteiger partial charge in [-0.15, -0.1) is 0 Å². The third kappa shape index (κ3) is 2.82. The predicted octanol–water partition coefficient (Wildman–Crippen LogP) is 3.84. The van der Waals surface area contributed by atoms with Gasteiger partial charge in [0.15, 0.2) is 5.69 Å². The quantitative estimate of drug-likeness (QED) is 0.794. The van der Waals surface area contributed by atoms with E-state index in [1.54, 1.807) is 12.1 Å². The summed E-state index contributed by atoms with van der Waals surface area (Å²) in [6, 6.07) is 5.12. The summed E-state index contributed by atoms with van der Waals surface area (Å²) in [5.74, 6) is 0.0259. The molecule has 0 atom stereocenters. The van der Waals surface area contributed by atoms with Crippen LogP contribution in [0, 0.1) is 0 Å². The van der Waals surface area contributed by atoms with Gasteiger partial charge in [-0.1, -0.05) is 27.5 Å². The lowest BCUT2D eigenvalue weighted by molar-refractivity contribution is 0.0594. The number of rotatable bonds is 3. The predicted molar refractivity (Wildman–Crippen MR) is 77.0 cm³/mol. The summed E-state index contributed by atoms with van der Waals surface area (Å²) in [7, 11) is 1.30. The molecule has 0 saturated heterocycles. The van der Waals surface area contributed by atoms with Crippen molar-refractivity contribution in [2.24, 2.45) is 0 Å². The monoisotopic (exact) mass is 343 g/mol. The maximum atomic E-state index is 11.6. The average molecular weight is 345 g/mol. The van der Waals surface area contributed by atoms with Gasteiger partial charge in [-0.2, -0.15) is 0 Å². The molecule has 0 fully saturated rings. The number of methoxy groups -OCH3 is 1. The molecule has 2 aromatic rings. The van der Waals surface area contributed by atoms with Crippen LogP contribution in [-0.2, 0) is 4.74 Å². The van der Waals surface area contributed by atoms with Crippen molar-refractivity contribution in [2.75, 3.05) is 13.7 Å². The Bertz CT molecular complexity index is 645. The van der Waals surface area contributed by atoms with Crippen molar-refractivity contribution in [3.63, 3.8) is 0 Å². The number of ether oxygens (including phenoxy) is 2. The highest BCUT2D eigenvalue weighted by Crippen LogP contribution is 2.33. The van der Waals surface area contributed by atoms with Crippen LogP contribution in [0.2, 0.25) is 5.02 Å². The second-order valence-corrected chi connectivity index (χ2v) is 5.04. The Morgan fingerprint density at radius 1 is 1.42 bits per heavy atom. The highest BCUT2D eigenvalue weighted by atomic mass is 79.9. The smallest absolute Gasteiger partial charge is 0.356 e. The van der Waals surface area contributed by atoms with Crippen molar-refractivity contribution < 1.29 is 14.3 Å². The zero-order valence-electron chi connectivity index (χ0n) is 10.4. The highest BCUT2D eigenvalue weighted by Gasteiger charge is 2.15. The number of hydrogen-bond acceptors (Lipinski definition) is 4. The maximum Gasteiger partial charge on any atom is 0.356 e. The molecule has 1 heterocycles. The van der Waals surface area contributed by atoms with E-state index in [-0.39, 0.29) is 5.69 Å². The Morgan fingerprint density at radius 3 is 2.79 bits per heavy atom. The minimum atomic E-state index is -0.526. The molecule has 0 bridgehead atoms. The molecule has 0 spiro atoms. The minimum absolute atomic E-state index is 0.169. The van der Waals surface area contributed by atoms with Crippen LogP contribution in [0.5, 0.6) is 5.75 Å². The van der Waals surface area contributed by atoms with E-state index in [1.165, 1.54) is 7.11 Å². The number of pyridine rings is 1. The van der Waals surface area contributed by atoms with Crippen LogP contribution in [0.4, 0.5) is 0 Å². The van der Waals surface area contributed by atoms with Crippen LogP contribution >= 0.6 is 27.5 Å². The largest absolute Gasteiger partial charge is 0.493 e. The molecule has 0 amide bonds. The molecule has 1 aromatic heterocycles. The summed E-state index contributed by atoms with van der Waals surface area (Å²) in [4.78, 5) is 15.8. The fraction of sp³-hybridized carbons (Fsp3) is 0.231. The first-order valence-corrected chi connectivity index (χ1v) is 6.74. The second-order valence-electron chi connectivity index (χ2n) is 3.71. The van der Waals surface area contributed by atoms with Crippen LogP contribution in [0.25, 0.3) is 10.9 Å². The second kappa shape index (κ2) is 5.75. The molecule has 0 aliphatic carbocycles. The van der Waals surface area contributed by atoms with Crippen LogP contribution in [-0.4, -0.2) is 24.7 Å². The topological polar surface area (TPSA) is 48.4 Å². The molecule has 0 aliphatic rings. The standard InChI is InChI=1S/C13H11BrClNO3/c1-3-19-11-6-10(13(17)18-2)16-12-8(11)4-7(14)5-9(12)15/h4-6H,3H2,1-2H3. The van der Waals surface area contributed by atoms with Crippen molar-refractivity contribution in [2.45, 2.75) is 6.92 Å². The number of fused-ring (bicyclic) bond motifs is 1. The zero-order valence-corrected chi connectivity index (χ0v) is 12.7. The number of aromatic nitrogens is 1. The first-order chi connectivity index (χ1) is 9.06. The Kier molecular flexibility index (Phi) is 4.27. The molecule has 0 aliphatic heterocycles. The molecular formula is C13H11BrClNO3. The fourth-order valence-corrected chi connectivity index (χ4v) is 2.56. The first kappa shape index (κ1) is 14.1. The Balaban J connectivity index is 2.75. The number of benzene rings is 1. The van der Waals surface area contributed by atoms with Gasteiger partial charge in [-0.05, 0) is 19.1 Å². The van der Waals surface area contributed by atoms with Gasteiger partial charge in [0.1, 0.15) is 5.75 Å². The van der Waals surface area contributed by atoms with Crippen molar-refractivity contribution in [1.82, 2.24) is 4.98 Å². The lowest BCUT2D eigenvalue weighted by Gasteiger charge is -2.10. The van der Waals surface area contributed by atoms with Gasteiger partial charge < -0.3 is 9.47 Å². The van der Waals surface area contributed by atoms with E-state index in [2.05, 4.69) is 25.7 Å². The Morgan fingerprint density at radius 2 is 2.16 bits per heavy atom. The number of carbonyl (C=O) groups is 1. The van der Waals surface area contributed by atoms with E-state index < -0.39 is 5.97 Å². The molecule has 2 rings (SSSR count). The van der Waals surface area contributed by atoms with Gasteiger partial charge in [0, 0.05) is 15.9 Å². The van der Waals surface area contributed by atoms with Crippen molar-refractivity contribution in [3.05, 3.63) is 33.4 Å². The zero-order chi connectivity index (χ0) is 14.0. The Hall–Kier alpha value is -1.33. The van der Waals surface area contributed by atoms with E-state index in [0.717, 1.165) is 9.86 Å². The van der Waals surface area contributed by atoms with Gasteiger partial charge >= 0.3 is 5.97 Å². The van der Waals surface area contributed by atoms with E-state index >= 15 is 0 Å². The summed E-state index contributed by atoms with van der Waals surface area (Å²) in [5, 5.41) is 1.19. The van der Waals surface area contributed by atoms with Gasteiger partial charge in [0.25, 0.3) is 0 Å². The molecule has 4 nitrogen and oxygen atoms in total. The van der Waals surface area contributed by atoms with E-state index in [0.29, 0.717) is 22.9 Å². The van der Waals surface area contributed by atoms with Gasteiger partial charge in [0.05, 0.1) is 24.3 Å². The van der Waals surface area contributed by atoms with Gasteiger partial charge in [-0.3, -0.25) is 0 Å². The van der Waals surface area contributed by atoms with Crippen molar-refractivity contribution >= 4 is 44.4 Å². The van der Waals surface area contributed by atoms with E-state index in [1.807, 2.05) is 13.0 Å². The van der Waals surface area contributed by atoms with E-state index in [9.17, 15) is 4.79 Å². The third-order valence-electron chi connectivity index (χ3n) is 2.49. The summed E-state index contributed by atoms with van der Waals surface area (Å²) in [6.45, 7) is 2.34. The molecule has 6 heteroatoms. The molecule has 100 valence electrons. The molecule has 0 saturated carbocycles. The lowest BCUT2D eigenvalue weighted by atomic mass is 10.2. The summed E-state index contributed by atoms with van der Waals surface area (Å²) >= 11 is 9.52. The highest BCUT2D eigenvalue weighted by molar-refractivity contribution is 9.10. The van der Waals surface area contributed by atoms with Crippen LogP contribution in [0.15, 0.2) is 22.7 Å². The van der Waals surface area contributed by atoms with Gasteiger partial charge in [-0.25, -0.2) is 9.78 Å². The van der Waals surface area contributed by atoms with E-state index in [4.69, 9.17) is 16.3 Å². The number of nitrogens with zero attached hydrogens (tertiary/aromatic N) is 1. The molecular weight excluding hydrogens is 334 g/mol.